The predicted molar refractivity (Wildman–Crippen MR) is 92.3 cm³/mol. The topological polar surface area (TPSA) is 63.1 Å². The van der Waals surface area contributed by atoms with Crippen LogP contribution in [-0.4, -0.2) is 52.0 Å². The summed E-state index contributed by atoms with van der Waals surface area (Å²) >= 11 is 1.57. The second-order valence-corrected chi connectivity index (χ2v) is 6.70. The highest BCUT2D eigenvalue weighted by Crippen LogP contribution is 2.19. The van der Waals surface area contributed by atoms with Gasteiger partial charge >= 0.3 is 0 Å². The fourth-order valence-electron chi connectivity index (χ4n) is 2.25. The van der Waals surface area contributed by atoms with Gasteiger partial charge in [-0.2, -0.15) is 0 Å². The van der Waals surface area contributed by atoms with Crippen molar-refractivity contribution in [2.45, 2.75) is 18.1 Å². The van der Waals surface area contributed by atoms with Crippen LogP contribution >= 0.6 is 11.8 Å². The third kappa shape index (κ3) is 4.80. The van der Waals surface area contributed by atoms with Gasteiger partial charge in [-0.15, -0.1) is 10.2 Å². The van der Waals surface area contributed by atoms with E-state index in [2.05, 4.69) is 15.5 Å². The number of nitrogens with zero attached hydrogens (tertiary/aromatic N) is 4. The number of nitrogens with one attached hydrogen (secondary N) is 1. The van der Waals surface area contributed by atoms with E-state index in [-0.39, 0.29) is 11.9 Å². The zero-order chi connectivity index (χ0) is 16.8. The first kappa shape index (κ1) is 17.5. The van der Waals surface area contributed by atoms with Crippen LogP contribution in [-0.2, 0) is 11.8 Å². The summed E-state index contributed by atoms with van der Waals surface area (Å²) in [6.45, 7) is 2.63. The highest BCUT2D eigenvalue weighted by atomic mass is 32.2. The molecule has 1 aromatic heterocycles. The number of hydrogen-bond acceptors (Lipinski definition) is 5. The molecule has 6 nitrogen and oxygen atoms in total. The molecule has 1 amide bonds. The Morgan fingerprint density at radius 3 is 2.61 bits per heavy atom. The van der Waals surface area contributed by atoms with Crippen LogP contribution in [0.3, 0.4) is 0 Å². The number of rotatable bonds is 7. The molecule has 0 bridgehead atoms. The first-order valence-corrected chi connectivity index (χ1v) is 8.45. The van der Waals surface area contributed by atoms with E-state index in [9.17, 15) is 4.79 Å². The van der Waals surface area contributed by atoms with E-state index in [1.165, 1.54) is 5.56 Å². The van der Waals surface area contributed by atoms with Crippen LogP contribution < -0.4 is 5.32 Å². The molecule has 1 aromatic carbocycles. The molecule has 1 atom stereocenters. The maximum Gasteiger partial charge on any atom is 0.241 e. The zero-order valence-corrected chi connectivity index (χ0v) is 14.8. The molecule has 0 unspecified atom stereocenters. The van der Waals surface area contributed by atoms with E-state index in [1.807, 2.05) is 61.8 Å². The van der Waals surface area contributed by atoms with Crippen molar-refractivity contribution in [2.24, 2.45) is 7.05 Å². The van der Waals surface area contributed by atoms with E-state index in [0.29, 0.717) is 6.54 Å². The van der Waals surface area contributed by atoms with Crippen LogP contribution in [0.15, 0.2) is 35.7 Å². The SMILES string of the molecule is Cc1ccc([C@H](C(=O)NCCSc2nncn2C)N(C)C)cc1. The van der Waals surface area contributed by atoms with Crippen LogP contribution in [0.1, 0.15) is 17.2 Å². The minimum atomic E-state index is -0.282. The lowest BCUT2D eigenvalue weighted by Gasteiger charge is -2.24. The van der Waals surface area contributed by atoms with Gasteiger partial charge < -0.3 is 9.88 Å². The standard InChI is InChI=1S/C16H23N5OS/c1-12-5-7-13(8-6-12)14(20(2)3)15(22)17-9-10-23-16-19-18-11-21(16)4/h5-8,11,14H,9-10H2,1-4H3,(H,17,22)/t14-/m1/s1. The van der Waals surface area contributed by atoms with Gasteiger partial charge in [0.1, 0.15) is 12.4 Å². The molecule has 7 heteroatoms. The Morgan fingerprint density at radius 1 is 1.35 bits per heavy atom. The van der Waals surface area contributed by atoms with E-state index in [4.69, 9.17) is 0 Å². The maximum atomic E-state index is 12.5. The molecule has 1 heterocycles. The smallest absolute Gasteiger partial charge is 0.241 e. The van der Waals surface area contributed by atoms with E-state index in [1.54, 1.807) is 18.1 Å². The number of benzene rings is 1. The van der Waals surface area contributed by atoms with Gasteiger partial charge in [0.2, 0.25) is 5.91 Å². The van der Waals surface area contributed by atoms with Crippen molar-refractivity contribution < 1.29 is 4.79 Å². The summed E-state index contributed by atoms with van der Waals surface area (Å²) in [6, 6.07) is 7.80. The fourth-order valence-corrected chi connectivity index (χ4v) is 2.99. The molecule has 124 valence electrons. The molecule has 23 heavy (non-hydrogen) atoms. The number of carbonyl (C=O) groups excluding carboxylic acids is 1. The predicted octanol–water partition coefficient (Wildman–Crippen LogP) is 1.63. The highest BCUT2D eigenvalue weighted by molar-refractivity contribution is 7.99. The molecular weight excluding hydrogens is 310 g/mol. The van der Waals surface area contributed by atoms with Crippen molar-refractivity contribution in [3.63, 3.8) is 0 Å². The molecule has 0 radical (unpaired) electrons. The van der Waals surface area contributed by atoms with Crippen LogP contribution in [0.2, 0.25) is 0 Å². The van der Waals surface area contributed by atoms with Gasteiger partial charge in [0.05, 0.1) is 0 Å². The number of aryl methyl sites for hydroxylation is 2. The van der Waals surface area contributed by atoms with Crippen LogP contribution in [0.4, 0.5) is 0 Å². The number of thioether (sulfide) groups is 1. The maximum absolute atomic E-state index is 12.5. The molecule has 0 aliphatic carbocycles. The fraction of sp³-hybridized carbons (Fsp3) is 0.438. The summed E-state index contributed by atoms with van der Waals surface area (Å²) in [5.74, 6) is 0.768. The second kappa shape index (κ2) is 8.12. The van der Waals surface area contributed by atoms with Gasteiger partial charge in [0.25, 0.3) is 0 Å². The average molecular weight is 333 g/mol. The molecular formula is C16H23N5OS. The van der Waals surface area contributed by atoms with Crippen molar-refractivity contribution >= 4 is 17.7 Å². The van der Waals surface area contributed by atoms with Gasteiger partial charge in [-0.3, -0.25) is 9.69 Å². The van der Waals surface area contributed by atoms with E-state index >= 15 is 0 Å². The van der Waals surface area contributed by atoms with Gasteiger partial charge in [-0.05, 0) is 26.6 Å². The molecule has 0 saturated carbocycles. The number of likely N-dealkylation sites (N-methyl/N-ethyl adjacent to an activating group) is 1. The third-order valence-electron chi connectivity index (χ3n) is 3.46. The van der Waals surface area contributed by atoms with Gasteiger partial charge in [0.15, 0.2) is 5.16 Å². The molecule has 1 N–H and O–H groups in total. The summed E-state index contributed by atoms with van der Waals surface area (Å²) in [6.07, 6.45) is 1.67. The van der Waals surface area contributed by atoms with Crippen LogP contribution in [0, 0.1) is 6.92 Å². The van der Waals surface area contributed by atoms with Crippen LogP contribution in [0.25, 0.3) is 0 Å². The normalized spacial score (nSPS) is 12.4. The molecule has 2 rings (SSSR count). The molecule has 0 spiro atoms. The summed E-state index contributed by atoms with van der Waals surface area (Å²) < 4.78 is 1.86. The third-order valence-corrected chi connectivity index (χ3v) is 4.50. The Morgan fingerprint density at radius 2 is 2.04 bits per heavy atom. The van der Waals surface area contributed by atoms with E-state index < -0.39 is 0 Å². The summed E-state index contributed by atoms with van der Waals surface area (Å²) in [7, 11) is 5.73. The minimum absolute atomic E-state index is 0.0115. The summed E-state index contributed by atoms with van der Waals surface area (Å²) in [4.78, 5) is 14.4. The van der Waals surface area contributed by atoms with Gasteiger partial charge in [-0.25, -0.2) is 0 Å². The average Bonchev–Trinajstić information content (AvgIpc) is 2.91. The van der Waals surface area contributed by atoms with Gasteiger partial charge in [-0.1, -0.05) is 41.6 Å². The van der Waals surface area contributed by atoms with Crippen LogP contribution in [0.5, 0.6) is 0 Å². The summed E-state index contributed by atoms with van der Waals surface area (Å²) in [5, 5.41) is 11.7. The van der Waals surface area contributed by atoms with Crippen molar-refractivity contribution in [1.82, 2.24) is 25.0 Å². The minimum Gasteiger partial charge on any atom is -0.354 e. The Bertz CT molecular complexity index is 638. The Hall–Kier alpha value is -1.86. The number of aromatic nitrogens is 3. The molecule has 0 aliphatic rings. The first-order valence-electron chi connectivity index (χ1n) is 7.46. The highest BCUT2D eigenvalue weighted by Gasteiger charge is 2.22. The van der Waals surface area contributed by atoms with Crippen molar-refractivity contribution in [3.05, 3.63) is 41.7 Å². The van der Waals surface area contributed by atoms with Gasteiger partial charge in [0, 0.05) is 19.3 Å². The lowest BCUT2D eigenvalue weighted by atomic mass is 10.0. The molecule has 0 saturated heterocycles. The second-order valence-electron chi connectivity index (χ2n) is 5.64. The summed E-state index contributed by atoms with van der Waals surface area (Å²) in [5.41, 5.74) is 2.19. The van der Waals surface area contributed by atoms with Crippen molar-refractivity contribution in [1.29, 1.82) is 0 Å². The monoisotopic (exact) mass is 333 g/mol. The molecule has 2 aromatic rings. The van der Waals surface area contributed by atoms with Crippen molar-refractivity contribution in [3.8, 4) is 0 Å². The molecule has 0 fully saturated rings. The number of amides is 1. The largest absolute Gasteiger partial charge is 0.354 e. The number of hydrogen-bond donors (Lipinski definition) is 1. The lowest BCUT2D eigenvalue weighted by Crippen LogP contribution is -2.38. The Balaban J connectivity index is 1.89. The molecule has 0 aliphatic heterocycles. The lowest BCUT2D eigenvalue weighted by molar-refractivity contribution is -0.125. The first-order chi connectivity index (χ1) is 11.0. The zero-order valence-electron chi connectivity index (χ0n) is 14.0. The van der Waals surface area contributed by atoms with Crippen molar-refractivity contribution in [2.75, 3.05) is 26.4 Å². The quantitative estimate of drug-likeness (QED) is 0.616. The number of carbonyl (C=O) groups is 1. The Kier molecular flexibility index (Phi) is 6.18. The van der Waals surface area contributed by atoms with E-state index in [0.717, 1.165) is 16.5 Å². The Labute approximate surface area is 141 Å².